The average Bonchev–Trinajstić information content (AvgIpc) is 2.28. The predicted octanol–water partition coefficient (Wildman–Crippen LogP) is 4.07. The number of alkyl halides is 3. The van der Waals surface area contributed by atoms with E-state index in [4.69, 9.17) is 0 Å². The van der Waals surface area contributed by atoms with Crippen LogP contribution in [0.25, 0.3) is 0 Å². The molecule has 1 fully saturated rings. The number of carbonyl (C=O) groups excluding carboxylic acids is 1. The van der Waals surface area contributed by atoms with E-state index in [2.05, 4.69) is 0 Å². The fourth-order valence-electron chi connectivity index (χ4n) is 2.32. The maximum absolute atomic E-state index is 13.1. The van der Waals surface area contributed by atoms with Gasteiger partial charge in [0.05, 0.1) is 5.56 Å². The lowest BCUT2D eigenvalue weighted by atomic mass is 9.83. The summed E-state index contributed by atoms with van der Waals surface area (Å²) in [5.74, 6) is -1.43. The van der Waals surface area contributed by atoms with Gasteiger partial charge in [-0.1, -0.05) is 6.07 Å². The molecule has 1 unspecified atom stereocenters. The third-order valence-electron chi connectivity index (χ3n) is 3.25. The molecular weight excluding hydrogens is 248 g/mol. The molecule has 1 atom stereocenters. The van der Waals surface area contributed by atoms with Crippen molar-refractivity contribution in [2.75, 3.05) is 0 Å². The minimum Gasteiger partial charge on any atom is -0.300 e. The second kappa shape index (κ2) is 4.71. The third-order valence-corrected chi connectivity index (χ3v) is 3.25. The largest absolute Gasteiger partial charge is 0.419 e. The number of hydrogen-bond acceptors (Lipinski definition) is 1. The van der Waals surface area contributed by atoms with Crippen molar-refractivity contribution in [3.05, 3.63) is 35.1 Å². The van der Waals surface area contributed by atoms with Gasteiger partial charge in [-0.15, -0.1) is 0 Å². The van der Waals surface area contributed by atoms with Gasteiger partial charge in [-0.2, -0.15) is 13.2 Å². The lowest BCUT2D eigenvalue weighted by molar-refractivity contribution is -0.140. The molecule has 1 saturated carbocycles. The second-order valence-corrected chi connectivity index (χ2v) is 4.57. The molecule has 0 heterocycles. The van der Waals surface area contributed by atoms with Crippen molar-refractivity contribution in [3.8, 4) is 0 Å². The van der Waals surface area contributed by atoms with Crippen LogP contribution in [-0.4, -0.2) is 5.78 Å². The molecule has 0 N–H and O–H groups in total. The minimum absolute atomic E-state index is 0.0594. The van der Waals surface area contributed by atoms with E-state index in [0.29, 0.717) is 24.8 Å². The van der Waals surface area contributed by atoms with Crippen LogP contribution in [0.1, 0.15) is 42.7 Å². The zero-order chi connectivity index (χ0) is 13.3. The summed E-state index contributed by atoms with van der Waals surface area (Å²) in [5.41, 5.74) is -0.852. The summed E-state index contributed by atoms with van der Waals surface area (Å²) in [4.78, 5) is 11.3. The summed E-state index contributed by atoms with van der Waals surface area (Å²) in [7, 11) is 0. The van der Waals surface area contributed by atoms with Gasteiger partial charge in [0.25, 0.3) is 0 Å². The van der Waals surface area contributed by atoms with Gasteiger partial charge in [0, 0.05) is 12.8 Å². The van der Waals surface area contributed by atoms with Crippen LogP contribution in [0.3, 0.4) is 0 Å². The molecule has 0 aliphatic heterocycles. The van der Waals surface area contributed by atoms with Crippen LogP contribution in [0.5, 0.6) is 0 Å². The number of benzene rings is 1. The second-order valence-electron chi connectivity index (χ2n) is 4.57. The highest BCUT2D eigenvalue weighted by Crippen LogP contribution is 2.36. The Labute approximate surface area is 102 Å². The van der Waals surface area contributed by atoms with Crippen molar-refractivity contribution in [2.45, 2.75) is 37.8 Å². The SMILES string of the molecule is O=C1CCCC(c2ccc(F)c(C(F)(F)F)c2)C1. The van der Waals surface area contributed by atoms with Crippen molar-refractivity contribution >= 4 is 5.78 Å². The first-order chi connectivity index (χ1) is 8.38. The smallest absolute Gasteiger partial charge is 0.300 e. The highest BCUT2D eigenvalue weighted by molar-refractivity contribution is 5.80. The molecule has 0 saturated heterocycles. The van der Waals surface area contributed by atoms with Crippen molar-refractivity contribution < 1.29 is 22.4 Å². The van der Waals surface area contributed by atoms with Crippen LogP contribution in [0, 0.1) is 5.82 Å². The molecule has 0 amide bonds. The van der Waals surface area contributed by atoms with Gasteiger partial charge in [-0.3, -0.25) is 4.79 Å². The van der Waals surface area contributed by atoms with Crippen molar-refractivity contribution in [2.24, 2.45) is 0 Å². The Morgan fingerprint density at radius 3 is 2.56 bits per heavy atom. The van der Waals surface area contributed by atoms with E-state index >= 15 is 0 Å². The molecule has 1 nitrogen and oxygen atoms in total. The first kappa shape index (κ1) is 13.1. The Morgan fingerprint density at radius 2 is 1.94 bits per heavy atom. The topological polar surface area (TPSA) is 17.1 Å². The van der Waals surface area contributed by atoms with Gasteiger partial charge in [-0.05, 0) is 36.5 Å². The molecule has 1 aliphatic rings. The molecule has 1 aromatic carbocycles. The van der Waals surface area contributed by atoms with E-state index < -0.39 is 17.6 Å². The molecule has 2 rings (SSSR count). The number of hydrogen-bond donors (Lipinski definition) is 0. The fourth-order valence-corrected chi connectivity index (χ4v) is 2.32. The van der Waals surface area contributed by atoms with Crippen LogP contribution in [-0.2, 0) is 11.0 Å². The minimum atomic E-state index is -4.70. The molecule has 5 heteroatoms. The summed E-state index contributed by atoms with van der Waals surface area (Å²) >= 11 is 0. The first-order valence-electron chi connectivity index (χ1n) is 5.76. The molecule has 0 spiro atoms. The van der Waals surface area contributed by atoms with Gasteiger partial charge in [0.15, 0.2) is 0 Å². The Morgan fingerprint density at radius 1 is 1.22 bits per heavy atom. The first-order valence-corrected chi connectivity index (χ1v) is 5.76. The Bertz CT molecular complexity index is 465. The summed E-state index contributed by atoms with van der Waals surface area (Å²) in [6, 6.07) is 3.00. The standard InChI is InChI=1S/C13H12F4O/c14-12-5-4-9(7-11(12)13(15,16)17)8-2-1-3-10(18)6-8/h4-5,7-8H,1-3,6H2. The lowest BCUT2D eigenvalue weighted by Gasteiger charge is -2.22. The van der Waals surface area contributed by atoms with Gasteiger partial charge < -0.3 is 0 Å². The zero-order valence-corrected chi connectivity index (χ0v) is 9.56. The van der Waals surface area contributed by atoms with Crippen molar-refractivity contribution in [1.29, 1.82) is 0 Å². The quantitative estimate of drug-likeness (QED) is 0.695. The van der Waals surface area contributed by atoms with Crippen LogP contribution in [0.2, 0.25) is 0 Å². The van der Waals surface area contributed by atoms with Crippen molar-refractivity contribution in [3.63, 3.8) is 0 Å². The number of rotatable bonds is 1. The van der Waals surface area contributed by atoms with Crippen LogP contribution < -0.4 is 0 Å². The molecule has 0 bridgehead atoms. The van der Waals surface area contributed by atoms with E-state index in [1.165, 1.54) is 6.07 Å². The molecule has 18 heavy (non-hydrogen) atoms. The number of Topliss-reactive ketones (excluding diaryl/α,β-unsaturated/α-hetero) is 1. The Kier molecular flexibility index (Phi) is 3.41. The maximum Gasteiger partial charge on any atom is 0.419 e. The summed E-state index contributed by atoms with van der Waals surface area (Å²) in [5, 5.41) is 0. The predicted molar refractivity (Wildman–Crippen MR) is 57.6 cm³/mol. The normalized spacial score (nSPS) is 21.1. The van der Waals surface area contributed by atoms with E-state index in [1.807, 2.05) is 0 Å². The fraction of sp³-hybridized carbons (Fsp3) is 0.462. The molecule has 1 aliphatic carbocycles. The van der Waals surface area contributed by atoms with Crippen LogP contribution in [0.15, 0.2) is 18.2 Å². The summed E-state index contributed by atoms with van der Waals surface area (Å²) < 4.78 is 50.8. The monoisotopic (exact) mass is 260 g/mol. The summed E-state index contributed by atoms with van der Waals surface area (Å²) in [6.45, 7) is 0. The zero-order valence-electron chi connectivity index (χ0n) is 9.56. The Balaban J connectivity index is 2.32. The number of ketones is 1. The molecule has 0 radical (unpaired) electrons. The highest BCUT2D eigenvalue weighted by atomic mass is 19.4. The molecule has 1 aromatic rings. The lowest BCUT2D eigenvalue weighted by Crippen LogP contribution is -2.15. The number of carbonyl (C=O) groups is 1. The van der Waals surface area contributed by atoms with Crippen LogP contribution >= 0.6 is 0 Å². The Hall–Kier alpha value is -1.39. The molecule has 0 aromatic heterocycles. The van der Waals surface area contributed by atoms with E-state index in [9.17, 15) is 22.4 Å². The van der Waals surface area contributed by atoms with Gasteiger partial charge in [0.1, 0.15) is 11.6 Å². The van der Waals surface area contributed by atoms with E-state index in [0.717, 1.165) is 12.1 Å². The summed E-state index contributed by atoms with van der Waals surface area (Å²) in [6.07, 6.45) is -2.59. The molecular formula is C13H12F4O. The number of halogens is 4. The van der Waals surface area contributed by atoms with Crippen LogP contribution in [0.4, 0.5) is 17.6 Å². The molecule has 98 valence electrons. The van der Waals surface area contributed by atoms with E-state index in [-0.39, 0.29) is 18.1 Å². The third kappa shape index (κ3) is 2.71. The van der Waals surface area contributed by atoms with Gasteiger partial charge in [0.2, 0.25) is 0 Å². The van der Waals surface area contributed by atoms with Gasteiger partial charge in [-0.25, -0.2) is 4.39 Å². The van der Waals surface area contributed by atoms with Gasteiger partial charge >= 0.3 is 6.18 Å². The highest BCUT2D eigenvalue weighted by Gasteiger charge is 2.35. The average molecular weight is 260 g/mol. The van der Waals surface area contributed by atoms with Crippen molar-refractivity contribution in [1.82, 2.24) is 0 Å². The maximum atomic E-state index is 13.1. The van der Waals surface area contributed by atoms with E-state index in [1.54, 1.807) is 0 Å².